The second-order valence-corrected chi connectivity index (χ2v) is 6.54. The summed E-state index contributed by atoms with van der Waals surface area (Å²) in [4.78, 5) is 4.06. The van der Waals surface area contributed by atoms with Crippen molar-refractivity contribution >= 4 is 9.84 Å². The fourth-order valence-corrected chi connectivity index (χ4v) is 3.66. The van der Waals surface area contributed by atoms with Gasteiger partial charge in [-0.05, 0) is 12.8 Å². The number of sulfone groups is 1. The summed E-state index contributed by atoms with van der Waals surface area (Å²) in [6, 6.07) is 0. The molecule has 0 aliphatic carbocycles. The molecule has 0 amide bonds. The number of nitrogens with two attached hydrogens (primary N) is 1. The van der Waals surface area contributed by atoms with Crippen LogP contribution in [0.4, 0.5) is 0 Å². The van der Waals surface area contributed by atoms with Crippen molar-refractivity contribution in [2.24, 2.45) is 5.73 Å². The van der Waals surface area contributed by atoms with Crippen molar-refractivity contribution in [1.82, 2.24) is 4.98 Å². The van der Waals surface area contributed by atoms with Crippen molar-refractivity contribution < 1.29 is 12.8 Å². The summed E-state index contributed by atoms with van der Waals surface area (Å²) in [6.45, 7) is 2.39. The summed E-state index contributed by atoms with van der Waals surface area (Å²) >= 11 is 0. The summed E-state index contributed by atoms with van der Waals surface area (Å²) in [7, 11) is -3.05. The molecular formula is C10H16N2O3S. The predicted molar refractivity (Wildman–Crippen MR) is 59.7 cm³/mol. The highest BCUT2D eigenvalue weighted by molar-refractivity contribution is 7.91. The van der Waals surface area contributed by atoms with E-state index in [1.54, 1.807) is 6.20 Å². The van der Waals surface area contributed by atoms with Gasteiger partial charge in [0.1, 0.15) is 11.0 Å². The minimum absolute atomic E-state index is 0.0744. The summed E-state index contributed by atoms with van der Waals surface area (Å²) in [5.41, 5.74) is 5.51. The molecule has 5 nitrogen and oxygen atoms in total. The SMILES string of the molecule is CC(CN)c1cnc(C2CCCS2(=O)=O)o1. The molecule has 2 atom stereocenters. The zero-order valence-corrected chi connectivity index (χ0v) is 10.0. The molecule has 16 heavy (non-hydrogen) atoms. The van der Waals surface area contributed by atoms with Crippen LogP contribution in [0.2, 0.25) is 0 Å². The van der Waals surface area contributed by atoms with E-state index in [0.717, 1.165) is 0 Å². The van der Waals surface area contributed by atoms with Gasteiger partial charge >= 0.3 is 0 Å². The van der Waals surface area contributed by atoms with E-state index < -0.39 is 15.1 Å². The minimum atomic E-state index is -3.05. The maximum absolute atomic E-state index is 11.7. The van der Waals surface area contributed by atoms with Crippen molar-refractivity contribution in [2.75, 3.05) is 12.3 Å². The highest BCUT2D eigenvalue weighted by Gasteiger charge is 2.36. The van der Waals surface area contributed by atoms with E-state index in [4.69, 9.17) is 10.2 Å². The molecule has 1 aliphatic rings. The Hall–Kier alpha value is -0.880. The Balaban J connectivity index is 2.25. The van der Waals surface area contributed by atoms with Crippen LogP contribution < -0.4 is 5.73 Å². The molecule has 90 valence electrons. The highest BCUT2D eigenvalue weighted by atomic mass is 32.2. The van der Waals surface area contributed by atoms with Crippen molar-refractivity contribution in [3.8, 4) is 0 Å². The standard InChI is InChI=1S/C10H16N2O3S/c1-7(5-11)8-6-12-10(15-8)9-3-2-4-16(9,13)14/h6-7,9H,2-5,11H2,1H3. The third-order valence-corrected chi connectivity index (χ3v) is 5.15. The van der Waals surface area contributed by atoms with Gasteiger partial charge in [0, 0.05) is 12.5 Å². The van der Waals surface area contributed by atoms with E-state index in [0.29, 0.717) is 31.0 Å². The predicted octanol–water partition coefficient (Wildman–Crippen LogP) is 0.987. The molecule has 0 radical (unpaired) electrons. The van der Waals surface area contributed by atoms with Gasteiger partial charge in [-0.2, -0.15) is 0 Å². The zero-order valence-electron chi connectivity index (χ0n) is 9.22. The Bertz CT molecular complexity index is 466. The molecule has 1 saturated heterocycles. The summed E-state index contributed by atoms with van der Waals surface area (Å²) < 4.78 is 28.9. The molecule has 0 aromatic carbocycles. The van der Waals surface area contributed by atoms with E-state index in [-0.39, 0.29) is 11.7 Å². The van der Waals surface area contributed by atoms with E-state index in [9.17, 15) is 8.42 Å². The Morgan fingerprint density at radius 2 is 2.44 bits per heavy atom. The lowest BCUT2D eigenvalue weighted by Crippen LogP contribution is -2.09. The average molecular weight is 244 g/mol. The van der Waals surface area contributed by atoms with Gasteiger partial charge in [0.2, 0.25) is 5.89 Å². The molecule has 1 aliphatic heterocycles. The van der Waals surface area contributed by atoms with Crippen LogP contribution in [0.3, 0.4) is 0 Å². The largest absolute Gasteiger partial charge is 0.444 e. The number of hydrogen-bond acceptors (Lipinski definition) is 5. The first-order valence-electron chi connectivity index (χ1n) is 5.42. The van der Waals surface area contributed by atoms with Gasteiger partial charge < -0.3 is 10.2 Å². The molecule has 1 aromatic rings. The smallest absolute Gasteiger partial charge is 0.212 e. The lowest BCUT2D eigenvalue weighted by molar-refractivity contribution is 0.423. The Labute approximate surface area is 95.0 Å². The van der Waals surface area contributed by atoms with Gasteiger partial charge in [0.25, 0.3) is 0 Å². The second-order valence-electron chi connectivity index (χ2n) is 4.24. The van der Waals surface area contributed by atoms with Gasteiger partial charge in [-0.1, -0.05) is 6.92 Å². The van der Waals surface area contributed by atoms with Gasteiger partial charge in [-0.25, -0.2) is 13.4 Å². The van der Waals surface area contributed by atoms with Crippen LogP contribution in [0.1, 0.15) is 42.6 Å². The van der Waals surface area contributed by atoms with E-state index >= 15 is 0 Å². The summed E-state index contributed by atoms with van der Waals surface area (Å²) in [6.07, 6.45) is 2.89. The van der Waals surface area contributed by atoms with Crippen LogP contribution in [0, 0.1) is 0 Å². The van der Waals surface area contributed by atoms with Crippen LogP contribution >= 0.6 is 0 Å². The second kappa shape index (κ2) is 4.18. The van der Waals surface area contributed by atoms with E-state index in [2.05, 4.69) is 4.98 Å². The van der Waals surface area contributed by atoms with Crippen molar-refractivity contribution in [3.05, 3.63) is 17.8 Å². The molecule has 0 saturated carbocycles. The van der Waals surface area contributed by atoms with Crippen molar-refractivity contribution in [2.45, 2.75) is 30.9 Å². The molecule has 6 heteroatoms. The van der Waals surface area contributed by atoms with Gasteiger partial charge in [0.05, 0.1) is 11.9 Å². The maximum atomic E-state index is 11.7. The number of oxazole rings is 1. The first-order valence-corrected chi connectivity index (χ1v) is 7.13. The monoisotopic (exact) mass is 244 g/mol. The number of nitrogens with zero attached hydrogens (tertiary/aromatic N) is 1. The highest BCUT2D eigenvalue weighted by Crippen LogP contribution is 2.34. The fraction of sp³-hybridized carbons (Fsp3) is 0.700. The average Bonchev–Trinajstić information content (AvgIpc) is 2.82. The Morgan fingerprint density at radius 1 is 1.69 bits per heavy atom. The lowest BCUT2D eigenvalue weighted by Gasteiger charge is -2.05. The molecule has 2 rings (SSSR count). The lowest BCUT2D eigenvalue weighted by atomic mass is 10.1. The maximum Gasteiger partial charge on any atom is 0.212 e. The van der Waals surface area contributed by atoms with Crippen molar-refractivity contribution in [3.63, 3.8) is 0 Å². The number of aromatic nitrogens is 1. The Morgan fingerprint density at radius 3 is 3.00 bits per heavy atom. The molecule has 2 N–H and O–H groups in total. The van der Waals surface area contributed by atoms with Gasteiger partial charge in [0.15, 0.2) is 9.84 Å². The van der Waals surface area contributed by atoms with Gasteiger partial charge in [-0.3, -0.25) is 0 Å². The van der Waals surface area contributed by atoms with E-state index in [1.165, 1.54) is 0 Å². The molecule has 2 heterocycles. The van der Waals surface area contributed by atoms with Crippen LogP contribution in [0.5, 0.6) is 0 Å². The van der Waals surface area contributed by atoms with Gasteiger partial charge in [-0.15, -0.1) is 0 Å². The van der Waals surface area contributed by atoms with Crippen LogP contribution in [-0.4, -0.2) is 25.7 Å². The molecular weight excluding hydrogens is 228 g/mol. The molecule has 1 aromatic heterocycles. The third-order valence-electron chi connectivity index (χ3n) is 2.98. The quantitative estimate of drug-likeness (QED) is 0.856. The van der Waals surface area contributed by atoms with Crippen LogP contribution in [0.15, 0.2) is 10.6 Å². The zero-order chi connectivity index (χ0) is 11.8. The minimum Gasteiger partial charge on any atom is -0.444 e. The Kier molecular flexibility index (Phi) is 3.03. The normalized spacial score (nSPS) is 25.8. The fourth-order valence-electron chi connectivity index (χ4n) is 1.86. The summed E-state index contributed by atoms with van der Waals surface area (Å²) in [5.74, 6) is 1.31. The van der Waals surface area contributed by atoms with Crippen LogP contribution in [0.25, 0.3) is 0 Å². The molecule has 1 fully saturated rings. The van der Waals surface area contributed by atoms with E-state index in [1.807, 2.05) is 6.92 Å². The summed E-state index contributed by atoms with van der Waals surface area (Å²) in [5, 5.41) is -0.550. The van der Waals surface area contributed by atoms with Crippen molar-refractivity contribution in [1.29, 1.82) is 0 Å². The topological polar surface area (TPSA) is 86.2 Å². The first-order chi connectivity index (χ1) is 7.54. The number of rotatable bonds is 3. The third kappa shape index (κ3) is 1.99. The molecule has 2 unspecified atom stereocenters. The first kappa shape index (κ1) is 11.6. The molecule has 0 bridgehead atoms. The molecule has 0 spiro atoms. The van der Waals surface area contributed by atoms with Crippen LogP contribution in [-0.2, 0) is 9.84 Å². The number of hydrogen-bond donors (Lipinski definition) is 1.